The van der Waals surface area contributed by atoms with Crippen LogP contribution < -0.4 is 5.32 Å². The summed E-state index contributed by atoms with van der Waals surface area (Å²) in [6.45, 7) is 8.02. The fraction of sp³-hybridized carbons (Fsp3) is 0.706. The Balaban J connectivity index is 2.20. The van der Waals surface area contributed by atoms with Crippen LogP contribution in [0, 0.1) is 17.8 Å². The van der Waals surface area contributed by atoms with Crippen molar-refractivity contribution in [2.45, 2.75) is 52.5 Å². The molecule has 1 N–H and O–H groups in total. The first kappa shape index (κ1) is 15.8. The molecule has 0 radical (unpaired) electrons. The Hall–Kier alpha value is -0.600. The predicted molar refractivity (Wildman–Crippen MR) is 86.0 cm³/mol. The van der Waals surface area contributed by atoms with Crippen LogP contribution in [0.3, 0.4) is 0 Å². The summed E-state index contributed by atoms with van der Waals surface area (Å²) in [5, 5.41) is 4.52. The van der Waals surface area contributed by atoms with E-state index < -0.39 is 0 Å². The zero-order valence-corrected chi connectivity index (χ0v) is 13.7. The van der Waals surface area contributed by atoms with Gasteiger partial charge in [-0.25, -0.2) is 0 Å². The molecule has 3 unspecified atom stereocenters. The molecule has 0 spiro atoms. The highest BCUT2D eigenvalue weighted by Crippen LogP contribution is 2.41. The Bertz CT molecular complexity index is 411. The number of hydrogen-bond acceptors (Lipinski definition) is 2. The molecule has 1 heterocycles. The van der Waals surface area contributed by atoms with Gasteiger partial charge in [-0.3, -0.25) is 4.98 Å². The van der Waals surface area contributed by atoms with E-state index in [-0.39, 0.29) is 0 Å². The molecule has 20 heavy (non-hydrogen) atoms. The van der Waals surface area contributed by atoms with Gasteiger partial charge in [-0.15, -0.1) is 0 Å². The summed E-state index contributed by atoms with van der Waals surface area (Å²) in [5.74, 6) is 2.31. The molecule has 3 heteroatoms. The molecule has 2 rings (SSSR count). The number of rotatable bonds is 5. The average Bonchev–Trinajstić information content (AvgIpc) is 2.40. The summed E-state index contributed by atoms with van der Waals surface area (Å²) in [6, 6.07) is 2.45. The van der Waals surface area contributed by atoms with Gasteiger partial charge in [0.05, 0.1) is 5.02 Å². The lowest BCUT2D eigenvalue weighted by Gasteiger charge is -2.37. The van der Waals surface area contributed by atoms with Gasteiger partial charge in [-0.05, 0) is 61.6 Å². The zero-order valence-electron chi connectivity index (χ0n) is 12.9. The minimum absolute atomic E-state index is 0.371. The molecule has 3 atom stereocenters. The first-order valence-corrected chi connectivity index (χ1v) is 8.32. The normalized spacial score (nSPS) is 28.3. The summed E-state index contributed by atoms with van der Waals surface area (Å²) < 4.78 is 0. The summed E-state index contributed by atoms with van der Waals surface area (Å²) >= 11 is 6.39. The van der Waals surface area contributed by atoms with E-state index in [9.17, 15) is 0 Å². The molecular formula is C17H27ClN2. The largest absolute Gasteiger partial charge is 0.310 e. The second-order valence-corrected chi connectivity index (χ2v) is 6.91. The van der Waals surface area contributed by atoms with Crippen molar-refractivity contribution in [2.24, 2.45) is 17.8 Å². The van der Waals surface area contributed by atoms with E-state index in [1.807, 2.05) is 6.20 Å². The van der Waals surface area contributed by atoms with Crippen LogP contribution in [0.1, 0.15) is 58.1 Å². The van der Waals surface area contributed by atoms with E-state index in [1.165, 1.54) is 24.8 Å². The Kier molecular flexibility index (Phi) is 5.86. The standard InChI is InChI=1S/C17H27ClN2/c1-4-6-20-17(15-5-7-19-11-16(15)18)14-9-12(2)8-13(3)10-14/h5,7,11-14,17,20H,4,6,8-10H2,1-3H3. The molecule has 0 bridgehead atoms. The molecule has 0 amide bonds. The maximum Gasteiger partial charge on any atom is 0.0637 e. The Labute approximate surface area is 128 Å². The van der Waals surface area contributed by atoms with Gasteiger partial charge in [0, 0.05) is 18.4 Å². The number of pyridine rings is 1. The predicted octanol–water partition coefficient (Wildman–Crippen LogP) is 4.85. The van der Waals surface area contributed by atoms with Gasteiger partial charge in [0.25, 0.3) is 0 Å². The zero-order chi connectivity index (χ0) is 14.5. The van der Waals surface area contributed by atoms with Crippen LogP contribution in [0.2, 0.25) is 5.02 Å². The van der Waals surface area contributed by atoms with E-state index in [4.69, 9.17) is 11.6 Å². The molecular weight excluding hydrogens is 268 g/mol. The fourth-order valence-corrected chi connectivity index (χ4v) is 3.99. The summed E-state index contributed by atoms with van der Waals surface area (Å²) in [4.78, 5) is 4.12. The Morgan fingerprint density at radius 1 is 1.30 bits per heavy atom. The fourth-order valence-electron chi connectivity index (χ4n) is 3.75. The van der Waals surface area contributed by atoms with Crippen LogP contribution in [0.25, 0.3) is 0 Å². The maximum absolute atomic E-state index is 6.39. The molecule has 1 aliphatic carbocycles. The number of aromatic nitrogens is 1. The van der Waals surface area contributed by atoms with Crippen molar-refractivity contribution < 1.29 is 0 Å². The molecule has 1 saturated carbocycles. The van der Waals surface area contributed by atoms with Crippen LogP contribution in [0.15, 0.2) is 18.5 Å². The molecule has 1 aromatic heterocycles. The highest BCUT2D eigenvalue weighted by molar-refractivity contribution is 6.31. The van der Waals surface area contributed by atoms with Crippen molar-refractivity contribution >= 4 is 11.6 Å². The smallest absolute Gasteiger partial charge is 0.0637 e. The first-order valence-electron chi connectivity index (χ1n) is 7.94. The van der Waals surface area contributed by atoms with E-state index >= 15 is 0 Å². The second-order valence-electron chi connectivity index (χ2n) is 6.51. The van der Waals surface area contributed by atoms with Crippen molar-refractivity contribution in [1.29, 1.82) is 0 Å². The minimum Gasteiger partial charge on any atom is -0.310 e. The number of nitrogens with zero attached hydrogens (tertiary/aromatic N) is 1. The minimum atomic E-state index is 0.371. The molecule has 1 fully saturated rings. The molecule has 2 nitrogen and oxygen atoms in total. The first-order chi connectivity index (χ1) is 9.61. The quantitative estimate of drug-likeness (QED) is 0.840. The maximum atomic E-state index is 6.39. The van der Waals surface area contributed by atoms with Gasteiger partial charge in [0.15, 0.2) is 0 Å². The summed E-state index contributed by atoms with van der Waals surface area (Å²) in [5.41, 5.74) is 1.22. The van der Waals surface area contributed by atoms with Crippen LogP contribution >= 0.6 is 11.6 Å². The molecule has 112 valence electrons. The lowest BCUT2D eigenvalue weighted by atomic mass is 9.72. The van der Waals surface area contributed by atoms with Crippen LogP contribution in [-0.4, -0.2) is 11.5 Å². The highest BCUT2D eigenvalue weighted by atomic mass is 35.5. The average molecular weight is 295 g/mol. The lowest BCUT2D eigenvalue weighted by Crippen LogP contribution is -2.34. The van der Waals surface area contributed by atoms with Crippen molar-refractivity contribution in [2.75, 3.05) is 6.54 Å². The topological polar surface area (TPSA) is 24.9 Å². The molecule has 0 aliphatic heterocycles. The monoisotopic (exact) mass is 294 g/mol. The Morgan fingerprint density at radius 2 is 2.00 bits per heavy atom. The Morgan fingerprint density at radius 3 is 2.60 bits per heavy atom. The van der Waals surface area contributed by atoms with E-state index in [1.54, 1.807) is 6.20 Å². The van der Waals surface area contributed by atoms with E-state index in [0.29, 0.717) is 12.0 Å². The third-order valence-electron chi connectivity index (χ3n) is 4.44. The van der Waals surface area contributed by atoms with Crippen molar-refractivity contribution in [3.05, 3.63) is 29.0 Å². The SMILES string of the molecule is CCCNC(c1ccncc1Cl)C1CC(C)CC(C)C1. The van der Waals surface area contributed by atoms with Crippen LogP contribution in [-0.2, 0) is 0 Å². The molecule has 0 saturated heterocycles. The van der Waals surface area contributed by atoms with Crippen molar-refractivity contribution in [1.82, 2.24) is 10.3 Å². The van der Waals surface area contributed by atoms with E-state index in [2.05, 4.69) is 37.1 Å². The molecule has 1 aromatic rings. The number of nitrogens with one attached hydrogen (secondary N) is 1. The van der Waals surface area contributed by atoms with Gasteiger partial charge in [0.2, 0.25) is 0 Å². The van der Waals surface area contributed by atoms with Crippen molar-refractivity contribution in [3.63, 3.8) is 0 Å². The van der Waals surface area contributed by atoms with Gasteiger partial charge in [-0.1, -0.05) is 32.4 Å². The van der Waals surface area contributed by atoms with Crippen LogP contribution in [0.4, 0.5) is 0 Å². The van der Waals surface area contributed by atoms with Gasteiger partial charge >= 0.3 is 0 Å². The second kappa shape index (κ2) is 7.42. The number of halogens is 1. The highest BCUT2D eigenvalue weighted by Gasteiger charge is 2.31. The summed E-state index contributed by atoms with van der Waals surface area (Å²) in [7, 11) is 0. The van der Waals surface area contributed by atoms with Gasteiger partial charge in [0.1, 0.15) is 0 Å². The third kappa shape index (κ3) is 3.95. The van der Waals surface area contributed by atoms with Crippen LogP contribution in [0.5, 0.6) is 0 Å². The molecule has 0 aromatic carbocycles. The third-order valence-corrected chi connectivity index (χ3v) is 4.76. The van der Waals surface area contributed by atoms with E-state index in [0.717, 1.165) is 29.8 Å². The van der Waals surface area contributed by atoms with Crippen molar-refractivity contribution in [3.8, 4) is 0 Å². The molecule has 1 aliphatic rings. The van der Waals surface area contributed by atoms with Gasteiger partial charge < -0.3 is 5.32 Å². The lowest BCUT2D eigenvalue weighted by molar-refractivity contribution is 0.176. The number of hydrogen-bond donors (Lipinski definition) is 1. The van der Waals surface area contributed by atoms with Gasteiger partial charge in [-0.2, -0.15) is 0 Å². The summed E-state index contributed by atoms with van der Waals surface area (Å²) in [6.07, 6.45) is 8.73.